The molecule has 0 radical (unpaired) electrons. The maximum absolute atomic E-state index is 12.6. The van der Waals surface area contributed by atoms with Crippen LogP contribution in [0.5, 0.6) is 5.75 Å². The van der Waals surface area contributed by atoms with E-state index in [4.69, 9.17) is 11.5 Å². The lowest BCUT2D eigenvalue weighted by atomic mass is 9.91. The maximum atomic E-state index is 12.6. The van der Waals surface area contributed by atoms with Gasteiger partial charge in [0.25, 0.3) is 11.8 Å². The van der Waals surface area contributed by atoms with Crippen molar-refractivity contribution >= 4 is 22.8 Å². The van der Waals surface area contributed by atoms with Gasteiger partial charge in [-0.25, -0.2) is 0 Å². The van der Waals surface area contributed by atoms with Crippen LogP contribution in [0.3, 0.4) is 0 Å². The summed E-state index contributed by atoms with van der Waals surface area (Å²) in [5.74, 6) is -1.73. The molecule has 3 aromatic carbocycles. The maximum Gasteiger partial charge on any atom is 0.252 e. The summed E-state index contributed by atoms with van der Waals surface area (Å²) in [5.41, 5.74) is 14.8. The number of rotatable bonds is 7. The standard InChI is InChI=1S/C25H25N5O3/c1-3-14(2)16-8-6-7-15(11-16)12-17-13-18(24(26)32)23(31)22(21(17)25(27)33)30-28-19-9-4-5-10-20(19)29-30/h4-11,13-14,31H,3,12H2,1-2H3,(H2,26,32)(H2,27,33). The summed E-state index contributed by atoms with van der Waals surface area (Å²) in [6.07, 6.45) is 1.29. The Morgan fingerprint density at radius 3 is 2.24 bits per heavy atom. The van der Waals surface area contributed by atoms with E-state index in [1.807, 2.05) is 12.1 Å². The molecular formula is C25H25N5O3. The van der Waals surface area contributed by atoms with Gasteiger partial charge in [-0.15, -0.1) is 15.0 Å². The van der Waals surface area contributed by atoms with E-state index >= 15 is 0 Å². The van der Waals surface area contributed by atoms with Gasteiger partial charge in [-0.2, -0.15) is 0 Å². The van der Waals surface area contributed by atoms with Crippen LogP contribution in [0.4, 0.5) is 0 Å². The number of nitrogens with two attached hydrogens (primary N) is 2. The Morgan fingerprint density at radius 2 is 1.67 bits per heavy atom. The fraction of sp³-hybridized carbons (Fsp3) is 0.200. The van der Waals surface area contributed by atoms with Gasteiger partial charge in [0, 0.05) is 0 Å². The lowest BCUT2D eigenvalue weighted by molar-refractivity contribution is 0.0984. The lowest BCUT2D eigenvalue weighted by Crippen LogP contribution is -2.21. The molecule has 1 heterocycles. The predicted octanol–water partition coefficient (Wildman–Crippen LogP) is 3.43. The third-order valence-electron chi connectivity index (χ3n) is 5.88. The lowest BCUT2D eigenvalue weighted by Gasteiger charge is -2.17. The molecule has 0 aliphatic carbocycles. The first-order valence-corrected chi connectivity index (χ1v) is 10.7. The summed E-state index contributed by atoms with van der Waals surface area (Å²) in [6.45, 7) is 4.26. The Morgan fingerprint density at radius 1 is 1.00 bits per heavy atom. The number of nitrogens with zero attached hydrogens (tertiary/aromatic N) is 3. The van der Waals surface area contributed by atoms with Crippen LogP contribution in [-0.4, -0.2) is 31.9 Å². The van der Waals surface area contributed by atoms with Crippen molar-refractivity contribution in [3.05, 3.63) is 82.4 Å². The molecule has 8 nitrogen and oxygen atoms in total. The summed E-state index contributed by atoms with van der Waals surface area (Å²) in [5, 5.41) is 19.6. The van der Waals surface area contributed by atoms with Gasteiger partial charge in [-0.3, -0.25) is 9.59 Å². The molecule has 0 saturated carbocycles. The molecule has 2 amide bonds. The zero-order valence-electron chi connectivity index (χ0n) is 18.4. The molecular weight excluding hydrogens is 418 g/mol. The summed E-state index contributed by atoms with van der Waals surface area (Å²) in [7, 11) is 0. The second kappa shape index (κ2) is 8.74. The van der Waals surface area contributed by atoms with E-state index in [0.29, 0.717) is 28.9 Å². The molecule has 1 aromatic heterocycles. The first-order chi connectivity index (χ1) is 15.8. The van der Waals surface area contributed by atoms with E-state index < -0.39 is 17.6 Å². The van der Waals surface area contributed by atoms with Crippen LogP contribution in [0.25, 0.3) is 16.7 Å². The summed E-state index contributed by atoms with van der Waals surface area (Å²) >= 11 is 0. The number of aromatic nitrogens is 3. The molecule has 0 fully saturated rings. The average molecular weight is 444 g/mol. The number of hydrogen-bond acceptors (Lipinski definition) is 5. The predicted molar refractivity (Wildman–Crippen MR) is 126 cm³/mol. The summed E-state index contributed by atoms with van der Waals surface area (Å²) < 4.78 is 0. The number of aromatic hydroxyl groups is 1. The second-order valence-electron chi connectivity index (χ2n) is 8.09. The first-order valence-electron chi connectivity index (χ1n) is 10.7. The van der Waals surface area contributed by atoms with Crippen molar-refractivity contribution in [3.63, 3.8) is 0 Å². The zero-order valence-corrected chi connectivity index (χ0v) is 18.4. The Kier molecular flexibility index (Phi) is 5.83. The van der Waals surface area contributed by atoms with Crippen molar-refractivity contribution in [2.45, 2.75) is 32.6 Å². The monoisotopic (exact) mass is 443 g/mol. The van der Waals surface area contributed by atoms with Crippen molar-refractivity contribution in [2.24, 2.45) is 11.5 Å². The molecule has 1 atom stereocenters. The zero-order chi connectivity index (χ0) is 23.7. The van der Waals surface area contributed by atoms with Gasteiger partial charge >= 0.3 is 0 Å². The highest BCUT2D eigenvalue weighted by Gasteiger charge is 2.26. The van der Waals surface area contributed by atoms with Crippen LogP contribution in [0.2, 0.25) is 0 Å². The smallest absolute Gasteiger partial charge is 0.252 e. The quantitative estimate of drug-likeness (QED) is 0.402. The number of phenols is 1. The second-order valence-corrected chi connectivity index (χ2v) is 8.09. The number of carbonyl (C=O) groups excluding carboxylic acids is 2. The number of carbonyl (C=O) groups is 2. The van der Waals surface area contributed by atoms with Crippen LogP contribution < -0.4 is 11.5 Å². The van der Waals surface area contributed by atoms with E-state index in [2.05, 4.69) is 36.2 Å². The van der Waals surface area contributed by atoms with Gasteiger partial charge in [-0.1, -0.05) is 50.2 Å². The van der Waals surface area contributed by atoms with Crippen LogP contribution in [0, 0.1) is 0 Å². The van der Waals surface area contributed by atoms with E-state index in [0.717, 1.165) is 16.8 Å². The molecule has 0 bridgehead atoms. The Labute approximate surface area is 190 Å². The van der Waals surface area contributed by atoms with Crippen LogP contribution in [0.1, 0.15) is 63.6 Å². The highest BCUT2D eigenvalue weighted by atomic mass is 16.3. The molecule has 5 N–H and O–H groups in total. The van der Waals surface area contributed by atoms with Crippen molar-refractivity contribution < 1.29 is 14.7 Å². The van der Waals surface area contributed by atoms with E-state index in [1.165, 1.54) is 11.6 Å². The number of benzene rings is 3. The van der Waals surface area contributed by atoms with Crippen LogP contribution >= 0.6 is 0 Å². The Hall–Kier alpha value is -4.20. The third kappa shape index (κ3) is 4.15. The molecule has 0 saturated heterocycles. The van der Waals surface area contributed by atoms with E-state index in [-0.39, 0.29) is 16.8 Å². The van der Waals surface area contributed by atoms with Gasteiger partial charge in [-0.05, 0) is 53.6 Å². The first kappa shape index (κ1) is 22.0. The number of hydrogen-bond donors (Lipinski definition) is 3. The van der Waals surface area contributed by atoms with Crippen molar-refractivity contribution in [3.8, 4) is 11.4 Å². The van der Waals surface area contributed by atoms with Gasteiger partial charge in [0.05, 0.1) is 11.1 Å². The molecule has 168 valence electrons. The van der Waals surface area contributed by atoms with Gasteiger partial charge in [0.1, 0.15) is 16.7 Å². The van der Waals surface area contributed by atoms with Crippen molar-refractivity contribution in [1.29, 1.82) is 0 Å². The molecule has 0 aliphatic heterocycles. The summed E-state index contributed by atoms with van der Waals surface area (Å²) in [4.78, 5) is 25.9. The van der Waals surface area contributed by atoms with Crippen molar-refractivity contribution in [2.75, 3.05) is 0 Å². The molecule has 4 rings (SSSR count). The SMILES string of the molecule is CCC(C)c1cccc(Cc2cc(C(N)=O)c(O)c(-n3nc4ccccc4n3)c2C(N)=O)c1. The van der Waals surface area contributed by atoms with Gasteiger partial charge < -0.3 is 16.6 Å². The van der Waals surface area contributed by atoms with Crippen LogP contribution in [-0.2, 0) is 6.42 Å². The minimum atomic E-state index is -0.837. The topological polar surface area (TPSA) is 137 Å². The molecule has 8 heteroatoms. The molecule has 1 unspecified atom stereocenters. The Bertz CT molecular complexity index is 1340. The molecule has 4 aromatic rings. The fourth-order valence-electron chi connectivity index (χ4n) is 3.93. The van der Waals surface area contributed by atoms with E-state index in [9.17, 15) is 14.7 Å². The highest BCUT2D eigenvalue weighted by molar-refractivity contribution is 6.04. The number of amides is 2. The largest absolute Gasteiger partial charge is 0.505 e. The Balaban J connectivity index is 1.94. The average Bonchev–Trinajstić information content (AvgIpc) is 3.22. The minimum absolute atomic E-state index is 0.0340. The van der Waals surface area contributed by atoms with Crippen LogP contribution in [0.15, 0.2) is 54.6 Å². The number of fused-ring (bicyclic) bond motifs is 1. The third-order valence-corrected chi connectivity index (χ3v) is 5.88. The van der Waals surface area contributed by atoms with E-state index in [1.54, 1.807) is 24.3 Å². The molecule has 0 spiro atoms. The molecule has 33 heavy (non-hydrogen) atoms. The number of primary amides is 2. The fourth-order valence-corrected chi connectivity index (χ4v) is 3.93. The van der Waals surface area contributed by atoms with Gasteiger partial charge in [0.2, 0.25) is 0 Å². The highest BCUT2D eigenvalue weighted by Crippen LogP contribution is 2.34. The molecule has 0 aliphatic rings. The minimum Gasteiger partial charge on any atom is -0.505 e. The summed E-state index contributed by atoms with van der Waals surface area (Å²) in [6, 6.07) is 16.5. The van der Waals surface area contributed by atoms with Gasteiger partial charge in [0.15, 0.2) is 5.75 Å². The van der Waals surface area contributed by atoms with Crippen molar-refractivity contribution in [1.82, 2.24) is 15.0 Å². The normalized spacial score (nSPS) is 12.1.